The monoisotopic (exact) mass is 771 g/mol. The molecule has 0 amide bonds. The van der Waals surface area contributed by atoms with Crippen LogP contribution in [0.25, 0.3) is 0 Å². The summed E-state index contributed by atoms with van der Waals surface area (Å²) in [5.41, 5.74) is -0.531. The lowest BCUT2D eigenvalue weighted by Gasteiger charge is -2.72. The van der Waals surface area contributed by atoms with E-state index in [0.717, 1.165) is 68.2 Å². The summed E-state index contributed by atoms with van der Waals surface area (Å²) in [6.45, 7) is 19.5. The summed E-state index contributed by atoms with van der Waals surface area (Å²) < 4.78 is 46.3. The number of carbonyl (C=O) groups is 3. The van der Waals surface area contributed by atoms with Crippen LogP contribution in [0, 0.1) is 56.2 Å². The van der Waals surface area contributed by atoms with Gasteiger partial charge in [0.15, 0.2) is 5.78 Å². The zero-order chi connectivity index (χ0) is 40.7. The molecule has 0 aliphatic heterocycles. The van der Waals surface area contributed by atoms with Crippen molar-refractivity contribution in [3.8, 4) is 0 Å². The first-order valence-corrected chi connectivity index (χ1v) is 20.6. The molecule has 55 heavy (non-hydrogen) atoms. The molecule has 306 valence electrons. The van der Waals surface area contributed by atoms with Crippen LogP contribution in [0.5, 0.6) is 0 Å². The fourth-order valence-corrected chi connectivity index (χ4v) is 13.3. The third kappa shape index (κ3) is 6.71. The van der Waals surface area contributed by atoms with Crippen LogP contribution < -0.4 is 5.32 Å². The van der Waals surface area contributed by atoms with E-state index in [1.54, 1.807) is 19.9 Å². The number of aliphatic hydroxyl groups is 1. The molecular weight excluding hydrogens is 707 g/mol. The van der Waals surface area contributed by atoms with Gasteiger partial charge in [-0.3, -0.25) is 14.4 Å². The van der Waals surface area contributed by atoms with E-state index >= 15 is 0 Å². The highest BCUT2D eigenvalue weighted by Crippen LogP contribution is 2.77. The SMILES string of the molecule is CC(C)C1=C2C3CCC4C5(C)CCC(OC(=O)CC(C)(C)C(=O)O)C(C)(C)C5CCC4(C)C3(C)CCC2(C(O)CNCc2cccc(C(F)(F)F)c2)CC1=O. The molecule has 10 heteroatoms. The molecule has 4 fully saturated rings. The van der Waals surface area contributed by atoms with Crippen LogP contribution in [0.4, 0.5) is 13.2 Å². The van der Waals surface area contributed by atoms with Crippen molar-refractivity contribution >= 4 is 17.7 Å². The van der Waals surface area contributed by atoms with Crippen molar-refractivity contribution in [2.24, 2.45) is 56.2 Å². The number of Topliss-reactive ketones (excluding diaryl/α,β-unsaturated/α-hetero) is 1. The maximum absolute atomic E-state index is 14.0. The van der Waals surface area contributed by atoms with E-state index in [-0.39, 0.29) is 71.3 Å². The molecule has 4 saturated carbocycles. The molecule has 9 unspecified atom stereocenters. The van der Waals surface area contributed by atoms with Gasteiger partial charge in [-0.2, -0.15) is 13.2 Å². The molecule has 0 spiro atoms. The van der Waals surface area contributed by atoms with E-state index in [9.17, 15) is 37.8 Å². The van der Waals surface area contributed by atoms with Gasteiger partial charge in [0.1, 0.15) is 6.10 Å². The zero-order valence-corrected chi connectivity index (χ0v) is 34.4. The van der Waals surface area contributed by atoms with E-state index in [1.165, 1.54) is 6.07 Å². The van der Waals surface area contributed by atoms with Gasteiger partial charge in [0.05, 0.1) is 23.5 Å². The van der Waals surface area contributed by atoms with Gasteiger partial charge in [0.25, 0.3) is 0 Å². The Balaban J connectivity index is 1.25. The molecular formula is C45H64F3NO6. The second kappa shape index (κ2) is 14.0. The highest BCUT2D eigenvalue weighted by Gasteiger charge is 2.70. The van der Waals surface area contributed by atoms with Gasteiger partial charge >= 0.3 is 18.1 Å². The normalized spacial score (nSPS) is 36.4. The molecule has 1 aromatic rings. The Bertz CT molecular complexity index is 1730. The van der Waals surface area contributed by atoms with Crippen LogP contribution in [0.3, 0.4) is 0 Å². The Kier molecular flexibility index (Phi) is 10.7. The van der Waals surface area contributed by atoms with Crippen molar-refractivity contribution in [1.82, 2.24) is 5.32 Å². The Labute approximate surface area is 325 Å². The fraction of sp³-hybridized carbons (Fsp3) is 0.756. The van der Waals surface area contributed by atoms with E-state index < -0.39 is 40.6 Å². The number of rotatable bonds is 10. The molecule has 7 nitrogen and oxygen atoms in total. The number of ketones is 1. The van der Waals surface area contributed by atoms with E-state index in [1.807, 2.05) is 0 Å². The number of esters is 1. The smallest absolute Gasteiger partial charge is 0.416 e. The van der Waals surface area contributed by atoms with Gasteiger partial charge in [-0.25, -0.2) is 0 Å². The highest BCUT2D eigenvalue weighted by atomic mass is 19.4. The van der Waals surface area contributed by atoms with Crippen LogP contribution >= 0.6 is 0 Å². The number of hydrogen-bond donors (Lipinski definition) is 3. The summed E-state index contributed by atoms with van der Waals surface area (Å²) in [4.78, 5) is 38.9. The number of carbonyl (C=O) groups excluding carboxylic acids is 2. The molecule has 9 atom stereocenters. The minimum absolute atomic E-state index is 0.00410. The number of carboxylic acids is 1. The van der Waals surface area contributed by atoms with Gasteiger partial charge in [-0.05, 0) is 122 Å². The van der Waals surface area contributed by atoms with Gasteiger partial charge in [0.2, 0.25) is 0 Å². The molecule has 5 aliphatic rings. The maximum atomic E-state index is 14.0. The second-order valence-electron chi connectivity index (χ2n) is 20.4. The molecule has 0 bridgehead atoms. The van der Waals surface area contributed by atoms with Crippen molar-refractivity contribution in [2.45, 2.75) is 151 Å². The molecule has 0 aromatic heterocycles. The van der Waals surface area contributed by atoms with Crippen molar-refractivity contribution in [2.75, 3.05) is 6.54 Å². The minimum atomic E-state index is -4.43. The topological polar surface area (TPSA) is 113 Å². The summed E-state index contributed by atoms with van der Waals surface area (Å²) in [6, 6.07) is 5.25. The average molecular weight is 772 g/mol. The number of allylic oxidation sites excluding steroid dienone is 1. The Morgan fingerprint density at radius 3 is 2.27 bits per heavy atom. The predicted molar refractivity (Wildman–Crippen MR) is 205 cm³/mol. The number of fused-ring (bicyclic) bond motifs is 7. The Hall–Kier alpha value is -2.72. The van der Waals surface area contributed by atoms with E-state index in [4.69, 9.17) is 4.74 Å². The fourth-order valence-electron chi connectivity index (χ4n) is 13.3. The van der Waals surface area contributed by atoms with Crippen LogP contribution in [-0.4, -0.2) is 46.7 Å². The lowest BCUT2D eigenvalue weighted by molar-refractivity contribution is -0.235. The van der Waals surface area contributed by atoms with Gasteiger partial charge in [-0.1, -0.05) is 72.2 Å². The molecule has 6 rings (SSSR count). The number of carboxylic acid groups (broad SMARTS) is 1. The summed E-state index contributed by atoms with van der Waals surface area (Å²) >= 11 is 0. The van der Waals surface area contributed by atoms with Gasteiger partial charge in [-0.15, -0.1) is 0 Å². The van der Waals surface area contributed by atoms with E-state index in [2.05, 4.69) is 53.8 Å². The standard InChI is InChI=1S/C45H64F3NO6/c1-26(2)36-30(50)22-44(33(51)25-49-24-27-11-10-12-28(21-27)45(46,47)48)20-19-42(8)29(37(36)44)13-14-32-41(7)17-16-34(55-35(52)23-39(3,4)38(53)54)40(5,6)31(41)15-18-43(32,42)9/h10-12,21,26,29,31-34,49,51H,13-20,22-25H2,1-9H3,(H,53,54). The first-order valence-electron chi connectivity index (χ1n) is 20.6. The number of hydrogen-bond acceptors (Lipinski definition) is 6. The Morgan fingerprint density at radius 2 is 1.64 bits per heavy atom. The van der Waals surface area contributed by atoms with Crippen molar-refractivity contribution in [3.63, 3.8) is 0 Å². The number of nitrogens with one attached hydrogen (secondary N) is 1. The molecule has 0 heterocycles. The number of benzene rings is 1. The van der Waals surface area contributed by atoms with Crippen LogP contribution in [0.1, 0.15) is 138 Å². The molecule has 3 N–H and O–H groups in total. The summed E-state index contributed by atoms with van der Waals surface area (Å²) in [7, 11) is 0. The lowest BCUT2D eigenvalue weighted by atomic mass is 9.33. The Morgan fingerprint density at radius 1 is 0.945 bits per heavy atom. The maximum Gasteiger partial charge on any atom is 0.416 e. The van der Waals surface area contributed by atoms with Crippen LogP contribution in [-0.2, 0) is 31.8 Å². The van der Waals surface area contributed by atoms with Crippen molar-refractivity contribution in [1.29, 1.82) is 0 Å². The summed E-state index contributed by atoms with van der Waals surface area (Å²) in [5, 5.41) is 25.0. The van der Waals surface area contributed by atoms with Crippen LogP contribution in [0.2, 0.25) is 0 Å². The third-order valence-corrected chi connectivity index (χ3v) is 16.4. The predicted octanol–water partition coefficient (Wildman–Crippen LogP) is 9.55. The quantitative estimate of drug-likeness (QED) is 0.203. The second-order valence-corrected chi connectivity index (χ2v) is 20.4. The minimum Gasteiger partial charge on any atom is -0.481 e. The number of aliphatic carboxylic acids is 1. The zero-order valence-electron chi connectivity index (χ0n) is 34.4. The number of aliphatic hydroxyl groups excluding tert-OH is 1. The number of halogens is 3. The summed E-state index contributed by atoms with van der Waals surface area (Å²) in [5.74, 6) is -0.494. The molecule has 1 aromatic carbocycles. The molecule has 0 radical (unpaired) electrons. The summed E-state index contributed by atoms with van der Waals surface area (Å²) in [6.07, 6.45) is 1.63. The highest BCUT2D eigenvalue weighted by molar-refractivity contribution is 6.00. The largest absolute Gasteiger partial charge is 0.481 e. The molecule has 0 saturated heterocycles. The van der Waals surface area contributed by atoms with Crippen molar-refractivity contribution in [3.05, 3.63) is 46.5 Å². The van der Waals surface area contributed by atoms with Crippen molar-refractivity contribution < 1.29 is 42.5 Å². The van der Waals surface area contributed by atoms with Gasteiger partial charge < -0.3 is 20.3 Å². The lowest BCUT2D eigenvalue weighted by Crippen LogP contribution is -2.66. The van der Waals surface area contributed by atoms with Crippen LogP contribution in [0.15, 0.2) is 35.4 Å². The van der Waals surface area contributed by atoms with E-state index in [0.29, 0.717) is 23.8 Å². The third-order valence-electron chi connectivity index (χ3n) is 16.4. The number of alkyl halides is 3. The molecule has 5 aliphatic carbocycles. The first-order chi connectivity index (χ1) is 25.3. The van der Waals surface area contributed by atoms with Gasteiger partial charge in [0, 0.05) is 30.3 Å². The average Bonchev–Trinajstić information content (AvgIpc) is 3.39. The first kappa shape index (κ1) is 41.9. The number of ether oxygens (including phenoxy) is 1.